The van der Waals surface area contributed by atoms with Crippen LogP contribution in [-0.4, -0.2) is 60.4 Å². The summed E-state index contributed by atoms with van der Waals surface area (Å²) >= 11 is 0. The van der Waals surface area contributed by atoms with Gasteiger partial charge in [0.15, 0.2) is 0 Å². The highest BCUT2D eigenvalue weighted by molar-refractivity contribution is 6.07. The summed E-state index contributed by atoms with van der Waals surface area (Å²) in [6.07, 6.45) is 0.634. The van der Waals surface area contributed by atoms with Gasteiger partial charge in [-0.3, -0.25) is 10.1 Å². The van der Waals surface area contributed by atoms with Gasteiger partial charge in [0, 0.05) is 43.0 Å². The summed E-state index contributed by atoms with van der Waals surface area (Å²) in [5.74, 6) is 0.288. The van der Waals surface area contributed by atoms with Gasteiger partial charge in [0.1, 0.15) is 17.0 Å². The van der Waals surface area contributed by atoms with Crippen LogP contribution in [0, 0.1) is 0 Å². The molecule has 0 bridgehead atoms. The lowest BCUT2D eigenvalue weighted by atomic mass is 10.1. The first-order valence-corrected chi connectivity index (χ1v) is 13.6. The summed E-state index contributed by atoms with van der Waals surface area (Å²) in [6, 6.07) is 16.1. The molecule has 3 amide bonds. The second-order valence-corrected chi connectivity index (χ2v) is 11.8. The average molecular weight is 563 g/mol. The Kier molecular flexibility index (Phi) is 8.60. The van der Waals surface area contributed by atoms with Crippen molar-refractivity contribution in [1.29, 1.82) is 0 Å². The molecule has 0 aliphatic carbocycles. The minimum Gasteiger partial charge on any atom is -0.464 e. The lowest BCUT2D eigenvalue weighted by molar-refractivity contribution is 0.0240. The van der Waals surface area contributed by atoms with Crippen molar-refractivity contribution in [2.75, 3.05) is 41.7 Å². The minimum absolute atomic E-state index is 0.305. The zero-order valence-electron chi connectivity index (χ0n) is 24.4. The minimum atomic E-state index is -0.675. The molecule has 0 saturated carbocycles. The Morgan fingerprint density at radius 1 is 0.780 bits per heavy atom. The molecule has 1 fully saturated rings. The van der Waals surface area contributed by atoms with Crippen LogP contribution in [0.2, 0.25) is 0 Å². The first-order valence-electron chi connectivity index (χ1n) is 13.6. The summed E-state index contributed by atoms with van der Waals surface area (Å²) in [6.45, 7) is 13.3. The Morgan fingerprint density at radius 3 is 2.02 bits per heavy atom. The second kappa shape index (κ2) is 12.0. The normalized spacial score (nSPS) is 13.9. The summed E-state index contributed by atoms with van der Waals surface area (Å²) in [7, 11) is 0. The van der Waals surface area contributed by atoms with Crippen molar-refractivity contribution in [2.24, 2.45) is 0 Å². The molecule has 218 valence electrons. The average Bonchev–Trinajstić information content (AvgIpc) is 3.43. The van der Waals surface area contributed by atoms with Crippen molar-refractivity contribution < 1.29 is 28.3 Å². The van der Waals surface area contributed by atoms with Gasteiger partial charge >= 0.3 is 12.2 Å². The Balaban J connectivity index is 1.44. The van der Waals surface area contributed by atoms with Gasteiger partial charge in [-0.25, -0.2) is 9.59 Å². The summed E-state index contributed by atoms with van der Waals surface area (Å²) < 4.78 is 16.4. The van der Waals surface area contributed by atoms with E-state index in [0.29, 0.717) is 48.9 Å². The highest BCUT2D eigenvalue weighted by atomic mass is 16.6. The topological polar surface area (TPSA) is 113 Å². The third-order valence-corrected chi connectivity index (χ3v) is 6.14. The number of ether oxygens (including phenoxy) is 2. The van der Waals surface area contributed by atoms with Crippen LogP contribution in [0.3, 0.4) is 0 Å². The molecule has 0 spiro atoms. The molecule has 1 saturated heterocycles. The number of rotatable bonds is 5. The van der Waals surface area contributed by atoms with Crippen LogP contribution in [0.25, 0.3) is 11.3 Å². The van der Waals surface area contributed by atoms with Crippen LogP contribution in [0.1, 0.15) is 51.9 Å². The van der Waals surface area contributed by atoms with E-state index in [2.05, 4.69) is 15.5 Å². The van der Waals surface area contributed by atoms with Gasteiger partial charge in [-0.1, -0.05) is 0 Å². The van der Waals surface area contributed by atoms with Gasteiger partial charge < -0.3 is 29.0 Å². The van der Waals surface area contributed by atoms with Crippen LogP contribution in [-0.2, 0) is 9.47 Å². The van der Waals surface area contributed by atoms with Crippen LogP contribution in [0.5, 0.6) is 0 Å². The van der Waals surface area contributed by atoms with E-state index in [0.717, 1.165) is 11.3 Å². The lowest BCUT2D eigenvalue weighted by Crippen LogP contribution is -2.50. The first-order chi connectivity index (χ1) is 19.3. The number of benzene rings is 2. The predicted octanol–water partition coefficient (Wildman–Crippen LogP) is 6.60. The van der Waals surface area contributed by atoms with Crippen molar-refractivity contribution in [3.8, 4) is 11.3 Å². The molecule has 1 aliphatic heterocycles. The number of anilines is 3. The maximum atomic E-state index is 13.2. The molecule has 41 heavy (non-hydrogen) atoms. The third kappa shape index (κ3) is 8.26. The molecule has 1 aliphatic rings. The number of hydrogen-bond acceptors (Lipinski definition) is 7. The Hall–Kier alpha value is -4.47. The monoisotopic (exact) mass is 562 g/mol. The number of hydrogen-bond donors (Lipinski definition) is 2. The SMILES string of the molecule is CC(C)(C)OC(=O)Nc1ccc(-c2ccco2)cc1NC(=O)c1ccc(N2CCN(C(=O)OC(C)(C)C)CC2)cc1. The zero-order valence-corrected chi connectivity index (χ0v) is 24.4. The fourth-order valence-electron chi connectivity index (χ4n) is 4.26. The van der Waals surface area contributed by atoms with Crippen LogP contribution < -0.4 is 15.5 Å². The summed E-state index contributed by atoms with van der Waals surface area (Å²) in [5, 5.41) is 5.63. The van der Waals surface area contributed by atoms with Gasteiger partial charge in [-0.05, 0) is 96.1 Å². The van der Waals surface area contributed by atoms with Crippen molar-refractivity contribution in [1.82, 2.24) is 4.90 Å². The quantitative estimate of drug-likeness (QED) is 0.360. The van der Waals surface area contributed by atoms with Gasteiger partial charge in [0.25, 0.3) is 5.91 Å². The molecule has 2 N–H and O–H groups in total. The van der Waals surface area contributed by atoms with E-state index >= 15 is 0 Å². The van der Waals surface area contributed by atoms with Gasteiger partial charge in [-0.2, -0.15) is 0 Å². The molecule has 10 heteroatoms. The molecule has 2 aromatic carbocycles. The smallest absolute Gasteiger partial charge is 0.412 e. The number of nitrogens with zero attached hydrogens (tertiary/aromatic N) is 2. The zero-order chi connectivity index (χ0) is 29.8. The first kappa shape index (κ1) is 29.5. The predicted molar refractivity (Wildman–Crippen MR) is 158 cm³/mol. The highest BCUT2D eigenvalue weighted by Gasteiger charge is 2.26. The van der Waals surface area contributed by atoms with Crippen molar-refractivity contribution in [2.45, 2.75) is 52.7 Å². The maximum absolute atomic E-state index is 13.2. The Labute approximate surface area is 240 Å². The van der Waals surface area contributed by atoms with E-state index < -0.39 is 17.3 Å². The second-order valence-electron chi connectivity index (χ2n) is 11.8. The molecular formula is C31H38N4O6. The van der Waals surface area contributed by atoms with E-state index in [9.17, 15) is 14.4 Å². The Morgan fingerprint density at radius 2 is 1.44 bits per heavy atom. The summed E-state index contributed by atoms with van der Waals surface area (Å²) in [4.78, 5) is 41.9. The van der Waals surface area contributed by atoms with Gasteiger partial charge in [0.2, 0.25) is 0 Å². The molecule has 0 atom stereocenters. The Bertz CT molecular complexity index is 1360. The summed E-state index contributed by atoms with van der Waals surface area (Å²) in [5.41, 5.74) is 1.73. The maximum Gasteiger partial charge on any atom is 0.412 e. The fourth-order valence-corrected chi connectivity index (χ4v) is 4.26. The van der Waals surface area contributed by atoms with Crippen LogP contribution in [0.4, 0.5) is 26.7 Å². The molecular weight excluding hydrogens is 524 g/mol. The number of amides is 3. The number of carbonyl (C=O) groups is 3. The molecule has 3 aromatic rings. The lowest BCUT2D eigenvalue weighted by Gasteiger charge is -2.36. The van der Waals surface area contributed by atoms with Gasteiger partial charge in [-0.15, -0.1) is 0 Å². The number of nitrogens with one attached hydrogen (secondary N) is 2. The molecule has 2 heterocycles. The molecule has 10 nitrogen and oxygen atoms in total. The van der Waals surface area contributed by atoms with Crippen LogP contribution >= 0.6 is 0 Å². The number of carbonyl (C=O) groups excluding carboxylic acids is 3. The van der Waals surface area contributed by atoms with E-state index in [-0.39, 0.29) is 12.0 Å². The van der Waals surface area contributed by atoms with E-state index in [1.807, 2.05) is 39.0 Å². The van der Waals surface area contributed by atoms with E-state index in [4.69, 9.17) is 13.9 Å². The van der Waals surface area contributed by atoms with E-state index in [1.165, 1.54) is 0 Å². The standard InChI is InChI=1S/C31H38N4O6/c1-30(2,3)40-28(37)33-24-14-11-22(26-8-7-19-39-26)20-25(24)32-27(36)21-9-12-23(13-10-21)34-15-17-35(18-16-34)29(38)41-31(4,5)6/h7-14,19-20H,15-18H2,1-6H3,(H,32,36)(H,33,37). The van der Waals surface area contributed by atoms with Crippen molar-refractivity contribution in [3.63, 3.8) is 0 Å². The fraction of sp³-hybridized carbons (Fsp3) is 0.387. The largest absolute Gasteiger partial charge is 0.464 e. The van der Waals surface area contributed by atoms with Crippen LogP contribution in [0.15, 0.2) is 65.3 Å². The molecule has 0 radical (unpaired) electrons. The number of furan rings is 1. The molecule has 4 rings (SSSR count). The van der Waals surface area contributed by atoms with E-state index in [1.54, 1.807) is 68.3 Å². The van der Waals surface area contributed by atoms with Crippen molar-refractivity contribution >= 4 is 35.2 Å². The molecule has 1 aromatic heterocycles. The number of piperazine rings is 1. The third-order valence-electron chi connectivity index (χ3n) is 6.14. The molecule has 0 unspecified atom stereocenters. The highest BCUT2D eigenvalue weighted by Crippen LogP contribution is 2.30. The van der Waals surface area contributed by atoms with Crippen molar-refractivity contribution in [3.05, 3.63) is 66.4 Å². The van der Waals surface area contributed by atoms with Gasteiger partial charge in [0.05, 0.1) is 17.6 Å².